The minimum absolute atomic E-state index is 0.0491. The second-order valence-electron chi connectivity index (χ2n) is 3.53. The van der Waals surface area contributed by atoms with Gasteiger partial charge in [0.2, 0.25) is 0 Å². The van der Waals surface area contributed by atoms with Crippen LogP contribution in [0.2, 0.25) is 5.02 Å². The predicted molar refractivity (Wildman–Crippen MR) is 57.2 cm³/mol. The van der Waals surface area contributed by atoms with Crippen molar-refractivity contribution >= 4 is 22.6 Å². The Hall–Kier alpha value is -1.49. The quantitative estimate of drug-likeness (QED) is 0.677. The Kier molecular flexibility index (Phi) is 2.66. The third-order valence-corrected chi connectivity index (χ3v) is 2.65. The third kappa shape index (κ3) is 2.02. The van der Waals surface area contributed by atoms with Gasteiger partial charge in [-0.05, 0) is 24.6 Å². The van der Waals surface area contributed by atoms with E-state index in [9.17, 15) is 18.0 Å². The van der Waals surface area contributed by atoms with Crippen LogP contribution >= 0.6 is 11.6 Å². The lowest BCUT2D eigenvalue weighted by molar-refractivity contribution is -0.140. The van der Waals surface area contributed by atoms with E-state index in [-0.39, 0.29) is 16.5 Å². The van der Waals surface area contributed by atoms with E-state index in [1.54, 1.807) is 0 Å². The van der Waals surface area contributed by atoms with Crippen LogP contribution in [0.1, 0.15) is 11.1 Å². The Morgan fingerprint density at radius 2 is 1.94 bits per heavy atom. The number of hydrogen-bond acceptors (Lipinski definition) is 2. The first-order valence-electron chi connectivity index (χ1n) is 4.61. The molecule has 2 rings (SSSR count). The lowest BCUT2D eigenvalue weighted by Gasteiger charge is -2.10. The molecule has 2 nitrogen and oxygen atoms in total. The predicted octanol–water partition coefficient (Wildman–Crippen LogP) is 3.77. The Morgan fingerprint density at radius 3 is 2.53 bits per heavy atom. The molecule has 0 saturated carbocycles. The fraction of sp³-hybridized carbons (Fsp3) is 0.182. The van der Waals surface area contributed by atoms with Crippen LogP contribution in [-0.2, 0) is 6.18 Å². The molecule has 0 fully saturated rings. The third-order valence-electron chi connectivity index (χ3n) is 2.41. The normalized spacial score (nSPS) is 12.1. The topological polar surface area (TPSA) is 30.2 Å². The highest BCUT2D eigenvalue weighted by molar-refractivity contribution is 6.31. The monoisotopic (exact) mass is 262 g/mol. The maximum Gasteiger partial charge on any atom is 0.423 e. The number of alkyl halides is 3. The first-order chi connectivity index (χ1) is 7.80. The van der Waals surface area contributed by atoms with Gasteiger partial charge in [0.1, 0.15) is 11.1 Å². The molecule has 0 amide bonds. The average Bonchev–Trinajstić information content (AvgIpc) is 2.13. The van der Waals surface area contributed by atoms with Crippen molar-refractivity contribution in [2.24, 2.45) is 0 Å². The van der Waals surface area contributed by atoms with Gasteiger partial charge < -0.3 is 4.42 Å². The Balaban J connectivity index is 2.91. The van der Waals surface area contributed by atoms with E-state index in [4.69, 9.17) is 11.6 Å². The standard InChI is InChI=1S/C11H6ClF3O2/c1-5-7-3-2-6(12)4-8(7)17-10(16)9(5)11(13,14)15/h2-4H,1H3. The van der Waals surface area contributed by atoms with Gasteiger partial charge in [-0.25, -0.2) is 4.79 Å². The molecule has 0 radical (unpaired) electrons. The Bertz CT molecular complexity index is 643. The van der Waals surface area contributed by atoms with Crippen molar-refractivity contribution in [3.63, 3.8) is 0 Å². The van der Waals surface area contributed by atoms with Crippen LogP contribution in [0.4, 0.5) is 13.2 Å². The number of benzene rings is 1. The van der Waals surface area contributed by atoms with Crippen molar-refractivity contribution in [1.82, 2.24) is 0 Å². The average molecular weight is 263 g/mol. The summed E-state index contributed by atoms with van der Waals surface area (Å²) in [7, 11) is 0. The number of hydrogen-bond donors (Lipinski definition) is 0. The largest absolute Gasteiger partial charge is 0.423 e. The fourth-order valence-electron chi connectivity index (χ4n) is 1.66. The first-order valence-corrected chi connectivity index (χ1v) is 4.98. The van der Waals surface area contributed by atoms with E-state index < -0.39 is 17.4 Å². The summed E-state index contributed by atoms with van der Waals surface area (Å²) in [6.45, 7) is 1.23. The maximum atomic E-state index is 12.6. The summed E-state index contributed by atoms with van der Waals surface area (Å²) in [4.78, 5) is 11.3. The number of rotatable bonds is 0. The molecule has 0 aliphatic heterocycles. The fourth-order valence-corrected chi connectivity index (χ4v) is 1.82. The van der Waals surface area contributed by atoms with Crippen molar-refractivity contribution in [2.45, 2.75) is 13.1 Å². The van der Waals surface area contributed by atoms with E-state index in [1.807, 2.05) is 0 Å². The highest BCUT2D eigenvalue weighted by Gasteiger charge is 2.37. The zero-order valence-electron chi connectivity index (χ0n) is 8.56. The summed E-state index contributed by atoms with van der Waals surface area (Å²) in [6.07, 6.45) is -4.72. The molecule has 0 atom stereocenters. The van der Waals surface area contributed by atoms with E-state index in [0.29, 0.717) is 5.02 Å². The van der Waals surface area contributed by atoms with Gasteiger partial charge in [-0.15, -0.1) is 0 Å². The van der Waals surface area contributed by atoms with Gasteiger partial charge in [0.25, 0.3) is 0 Å². The molecule has 0 spiro atoms. The summed E-state index contributed by atoms with van der Waals surface area (Å²) < 4.78 is 42.5. The lowest BCUT2D eigenvalue weighted by atomic mass is 10.1. The van der Waals surface area contributed by atoms with Crippen molar-refractivity contribution in [3.8, 4) is 0 Å². The molecule has 17 heavy (non-hydrogen) atoms. The number of halogens is 4. The van der Waals surface area contributed by atoms with Gasteiger partial charge in [0.15, 0.2) is 0 Å². The van der Waals surface area contributed by atoms with Crippen LogP contribution in [0, 0.1) is 6.92 Å². The Labute approximate surface area is 98.6 Å². The molecule has 0 aliphatic carbocycles. The summed E-state index contributed by atoms with van der Waals surface area (Å²) in [5.74, 6) is 0. The summed E-state index contributed by atoms with van der Waals surface area (Å²) in [5, 5.41) is 0.515. The molecule has 6 heteroatoms. The van der Waals surface area contributed by atoms with E-state index in [2.05, 4.69) is 4.42 Å². The van der Waals surface area contributed by atoms with Gasteiger partial charge >= 0.3 is 11.8 Å². The van der Waals surface area contributed by atoms with Crippen molar-refractivity contribution < 1.29 is 17.6 Å². The van der Waals surface area contributed by atoms with E-state index in [0.717, 1.165) is 0 Å². The van der Waals surface area contributed by atoms with Crippen molar-refractivity contribution in [2.75, 3.05) is 0 Å². The van der Waals surface area contributed by atoms with E-state index in [1.165, 1.54) is 25.1 Å². The highest BCUT2D eigenvalue weighted by atomic mass is 35.5. The van der Waals surface area contributed by atoms with Crippen LogP contribution in [0.3, 0.4) is 0 Å². The van der Waals surface area contributed by atoms with Crippen LogP contribution in [0.5, 0.6) is 0 Å². The zero-order chi connectivity index (χ0) is 12.8. The van der Waals surface area contributed by atoms with Crippen molar-refractivity contribution in [3.05, 3.63) is 44.8 Å². The van der Waals surface area contributed by atoms with Crippen LogP contribution in [0.25, 0.3) is 11.0 Å². The lowest BCUT2D eigenvalue weighted by Crippen LogP contribution is -2.20. The van der Waals surface area contributed by atoms with Gasteiger partial charge in [-0.2, -0.15) is 13.2 Å². The van der Waals surface area contributed by atoms with E-state index >= 15 is 0 Å². The second kappa shape index (κ2) is 3.77. The van der Waals surface area contributed by atoms with Gasteiger partial charge in [-0.3, -0.25) is 0 Å². The molecular formula is C11H6ClF3O2. The summed E-state index contributed by atoms with van der Waals surface area (Å²) in [6, 6.07) is 4.15. The first kappa shape index (κ1) is 12.0. The molecule has 1 aromatic heterocycles. The highest BCUT2D eigenvalue weighted by Crippen LogP contribution is 2.32. The molecule has 0 N–H and O–H groups in total. The number of fused-ring (bicyclic) bond motifs is 1. The van der Waals surface area contributed by atoms with Gasteiger partial charge in [-0.1, -0.05) is 11.6 Å². The van der Waals surface area contributed by atoms with Crippen LogP contribution in [0.15, 0.2) is 27.4 Å². The second-order valence-corrected chi connectivity index (χ2v) is 3.96. The van der Waals surface area contributed by atoms with Crippen molar-refractivity contribution in [1.29, 1.82) is 0 Å². The molecule has 90 valence electrons. The van der Waals surface area contributed by atoms with Crippen LogP contribution < -0.4 is 5.63 Å². The number of aryl methyl sites for hydroxylation is 1. The maximum absolute atomic E-state index is 12.6. The summed E-state index contributed by atoms with van der Waals surface area (Å²) >= 11 is 5.67. The SMILES string of the molecule is Cc1c(C(F)(F)F)c(=O)oc2cc(Cl)ccc12. The smallest absolute Gasteiger partial charge is 0.422 e. The minimum atomic E-state index is -4.72. The molecule has 2 aromatic rings. The molecular weight excluding hydrogens is 257 g/mol. The van der Waals surface area contributed by atoms with Gasteiger partial charge in [0.05, 0.1) is 0 Å². The molecule has 0 unspecified atom stereocenters. The zero-order valence-corrected chi connectivity index (χ0v) is 9.32. The molecule has 0 bridgehead atoms. The molecule has 1 heterocycles. The molecule has 1 aromatic carbocycles. The van der Waals surface area contributed by atoms with Gasteiger partial charge in [0, 0.05) is 16.5 Å². The summed E-state index contributed by atoms with van der Waals surface area (Å²) in [5.41, 5.74) is -2.77. The molecule has 0 saturated heterocycles. The molecule has 0 aliphatic rings. The van der Waals surface area contributed by atoms with Crippen LogP contribution in [-0.4, -0.2) is 0 Å². The minimum Gasteiger partial charge on any atom is -0.422 e. The Morgan fingerprint density at radius 1 is 1.29 bits per heavy atom.